The van der Waals surface area contributed by atoms with Crippen molar-refractivity contribution in [1.29, 1.82) is 0 Å². The van der Waals surface area contributed by atoms with Gasteiger partial charge in [0.25, 0.3) is 0 Å². The number of allylic oxidation sites excluding steroid dienone is 1. The second-order valence-corrected chi connectivity index (χ2v) is 6.93. The molecule has 0 saturated heterocycles. The standard InChI is InChI=1S/C16H27NO/c1-11(2)13-6-5-12(3)14-7-8-16(4,17-10-18)9-15(13)14/h7,10-13,15H,5-6,8-9H2,1-4H3,(H,17,18)/t12-,13-,15-,16+/m0/s1. The first kappa shape index (κ1) is 13.6. The number of nitrogens with one attached hydrogen (secondary N) is 1. The van der Waals surface area contributed by atoms with Gasteiger partial charge < -0.3 is 5.32 Å². The Morgan fingerprint density at radius 3 is 2.78 bits per heavy atom. The molecule has 0 spiro atoms. The molecular formula is C16H27NO. The van der Waals surface area contributed by atoms with E-state index in [1.807, 2.05) is 0 Å². The maximum Gasteiger partial charge on any atom is 0.207 e. The van der Waals surface area contributed by atoms with E-state index in [9.17, 15) is 4.79 Å². The number of rotatable bonds is 3. The maximum atomic E-state index is 10.8. The number of hydrogen-bond donors (Lipinski definition) is 1. The zero-order valence-electron chi connectivity index (χ0n) is 12.2. The third-order valence-corrected chi connectivity index (χ3v) is 5.17. The average Bonchev–Trinajstić information content (AvgIpc) is 2.28. The van der Waals surface area contributed by atoms with E-state index < -0.39 is 0 Å². The first-order valence-corrected chi connectivity index (χ1v) is 7.38. The fourth-order valence-corrected chi connectivity index (χ4v) is 4.01. The van der Waals surface area contributed by atoms with E-state index in [-0.39, 0.29) is 5.54 Å². The Labute approximate surface area is 111 Å². The summed E-state index contributed by atoms with van der Waals surface area (Å²) in [6, 6.07) is 0. The van der Waals surface area contributed by atoms with E-state index in [0.29, 0.717) is 5.92 Å². The summed E-state index contributed by atoms with van der Waals surface area (Å²) < 4.78 is 0. The van der Waals surface area contributed by atoms with Gasteiger partial charge in [-0.05, 0) is 56.3 Å². The zero-order chi connectivity index (χ0) is 13.3. The number of amides is 1. The number of carbonyl (C=O) groups is 1. The van der Waals surface area contributed by atoms with Gasteiger partial charge in [0, 0.05) is 5.54 Å². The fraction of sp³-hybridized carbons (Fsp3) is 0.812. The van der Waals surface area contributed by atoms with Crippen LogP contribution in [0.1, 0.15) is 53.4 Å². The van der Waals surface area contributed by atoms with E-state index in [4.69, 9.17) is 0 Å². The van der Waals surface area contributed by atoms with Crippen molar-refractivity contribution in [3.05, 3.63) is 11.6 Å². The van der Waals surface area contributed by atoms with Crippen LogP contribution in [0.15, 0.2) is 11.6 Å². The van der Waals surface area contributed by atoms with Crippen LogP contribution in [0.3, 0.4) is 0 Å². The third kappa shape index (κ3) is 2.48. The summed E-state index contributed by atoms with van der Waals surface area (Å²) in [7, 11) is 0. The molecule has 1 N–H and O–H groups in total. The lowest BCUT2D eigenvalue weighted by Gasteiger charge is -2.47. The second kappa shape index (κ2) is 5.07. The van der Waals surface area contributed by atoms with Gasteiger partial charge in [0.05, 0.1) is 0 Å². The Kier molecular flexibility index (Phi) is 3.84. The molecular weight excluding hydrogens is 222 g/mol. The smallest absolute Gasteiger partial charge is 0.207 e. The normalized spacial score (nSPS) is 40.1. The molecule has 1 amide bonds. The first-order valence-electron chi connectivity index (χ1n) is 7.38. The molecule has 0 radical (unpaired) electrons. The third-order valence-electron chi connectivity index (χ3n) is 5.17. The molecule has 1 fully saturated rings. The van der Waals surface area contributed by atoms with Crippen LogP contribution >= 0.6 is 0 Å². The molecule has 0 heterocycles. The summed E-state index contributed by atoms with van der Waals surface area (Å²) in [5.41, 5.74) is 1.64. The van der Waals surface area contributed by atoms with Gasteiger partial charge in [0.1, 0.15) is 0 Å². The quantitative estimate of drug-likeness (QED) is 0.601. The summed E-state index contributed by atoms with van der Waals surface area (Å²) in [5, 5.41) is 3.04. The lowest BCUT2D eigenvalue weighted by molar-refractivity contribution is -0.111. The molecule has 0 aromatic rings. The maximum absolute atomic E-state index is 10.8. The highest BCUT2D eigenvalue weighted by Gasteiger charge is 2.41. The number of hydrogen-bond acceptors (Lipinski definition) is 1. The Hall–Kier alpha value is -0.790. The van der Waals surface area contributed by atoms with Crippen LogP contribution in [0.25, 0.3) is 0 Å². The van der Waals surface area contributed by atoms with Crippen molar-refractivity contribution in [2.45, 2.75) is 58.9 Å². The van der Waals surface area contributed by atoms with Crippen molar-refractivity contribution in [2.75, 3.05) is 0 Å². The average molecular weight is 249 g/mol. The summed E-state index contributed by atoms with van der Waals surface area (Å²) >= 11 is 0. The van der Waals surface area contributed by atoms with Gasteiger partial charge in [0.2, 0.25) is 6.41 Å². The van der Waals surface area contributed by atoms with Gasteiger partial charge >= 0.3 is 0 Å². The molecule has 0 aromatic carbocycles. The van der Waals surface area contributed by atoms with Crippen molar-refractivity contribution < 1.29 is 4.79 Å². The van der Waals surface area contributed by atoms with E-state index in [0.717, 1.165) is 37.0 Å². The van der Waals surface area contributed by atoms with Gasteiger partial charge in [-0.2, -0.15) is 0 Å². The molecule has 0 aliphatic heterocycles. The monoisotopic (exact) mass is 249 g/mol. The second-order valence-electron chi connectivity index (χ2n) is 6.93. The van der Waals surface area contributed by atoms with Gasteiger partial charge in [-0.15, -0.1) is 0 Å². The molecule has 1 saturated carbocycles. The molecule has 2 aliphatic rings. The molecule has 2 aliphatic carbocycles. The van der Waals surface area contributed by atoms with Gasteiger partial charge in [-0.3, -0.25) is 4.79 Å². The van der Waals surface area contributed by atoms with Crippen LogP contribution in [0.2, 0.25) is 0 Å². The summed E-state index contributed by atoms with van der Waals surface area (Å²) in [6.45, 7) is 9.24. The lowest BCUT2D eigenvalue weighted by atomic mass is 9.61. The van der Waals surface area contributed by atoms with Gasteiger partial charge in [-0.25, -0.2) is 0 Å². The lowest BCUT2D eigenvalue weighted by Crippen LogP contribution is -2.48. The molecule has 0 unspecified atom stereocenters. The largest absolute Gasteiger partial charge is 0.353 e. The molecule has 2 rings (SSSR count). The molecule has 102 valence electrons. The van der Waals surface area contributed by atoms with Crippen LogP contribution in [0.5, 0.6) is 0 Å². The molecule has 2 nitrogen and oxygen atoms in total. The van der Waals surface area contributed by atoms with E-state index >= 15 is 0 Å². The first-order chi connectivity index (χ1) is 8.47. The van der Waals surface area contributed by atoms with Crippen LogP contribution < -0.4 is 5.32 Å². The van der Waals surface area contributed by atoms with Gasteiger partial charge in [0.15, 0.2) is 0 Å². The fourth-order valence-electron chi connectivity index (χ4n) is 4.01. The Bertz CT molecular complexity index is 347. The predicted octanol–water partition coefficient (Wildman–Crippen LogP) is 3.53. The summed E-state index contributed by atoms with van der Waals surface area (Å²) in [4.78, 5) is 10.8. The van der Waals surface area contributed by atoms with Crippen molar-refractivity contribution in [3.8, 4) is 0 Å². The SMILES string of the molecule is CC(C)[C@@H]1CC[C@H](C)C2=CC[C@@](C)(NC=O)C[C@H]21. The highest BCUT2D eigenvalue weighted by Crippen LogP contribution is 2.48. The molecule has 18 heavy (non-hydrogen) atoms. The van der Waals surface area contributed by atoms with Crippen molar-refractivity contribution in [1.82, 2.24) is 5.32 Å². The van der Waals surface area contributed by atoms with Crippen LogP contribution in [0.4, 0.5) is 0 Å². The van der Waals surface area contributed by atoms with Crippen LogP contribution in [-0.2, 0) is 4.79 Å². The van der Waals surface area contributed by atoms with E-state index in [1.165, 1.54) is 12.8 Å². The zero-order valence-corrected chi connectivity index (χ0v) is 12.2. The Balaban J connectivity index is 2.24. The van der Waals surface area contributed by atoms with Crippen LogP contribution in [-0.4, -0.2) is 11.9 Å². The minimum atomic E-state index is -0.0277. The number of carbonyl (C=O) groups excluding carboxylic acids is 1. The Morgan fingerprint density at radius 2 is 2.17 bits per heavy atom. The van der Waals surface area contributed by atoms with Gasteiger partial charge in [-0.1, -0.05) is 32.4 Å². The van der Waals surface area contributed by atoms with Crippen molar-refractivity contribution >= 4 is 6.41 Å². The minimum Gasteiger partial charge on any atom is -0.353 e. The highest BCUT2D eigenvalue weighted by molar-refractivity contribution is 5.48. The summed E-state index contributed by atoms with van der Waals surface area (Å²) in [5.74, 6) is 2.95. The van der Waals surface area contributed by atoms with E-state index in [2.05, 4.69) is 39.1 Å². The van der Waals surface area contributed by atoms with Crippen molar-refractivity contribution in [3.63, 3.8) is 0 Å². The molecule has 0 aromatic heterocycles. The molecule has 4 atom stereocenters. The van der Waals surface area contributed by atoms with E-state index in [1.54, 1.807) is 5.57 Å². The molecule has 2 heteroatoms. The molecule has 0 bridgehead atoms. The Morgan fingerprint density at radius 1 is 1.44 bits per heavy atom. The van der Waals surface area contributed by atoms with Crippen molar-refractivity contribution in [2.24, 2.45) is 23.7 Å². The number of fused-ring (bicyclic) bond motifs is 1. The summed E-state index contributed by atoms with van der Waals surface area (Å²) in [6.07, 6.45) is 8.08. The predicted molar refractivity (Wildman–Crippen MR) is 75.1 cm³/mol. The minimum absolute atomic E-state index is 0.0277. The highest BCUT2D eigenvalue weighted by atomic mass is 16.1. The van der Waals surface area contributed by atoms with Crippen LogP contribution in [0, 0.1) is 23.7 Å². The topological polar surface area (TPSA) is 29.1 Å².